The Hall–Kier alpha value is -1.26. The molecular formula is C13H17NO3. The van der Waals surface area contributed by atoms with Crippen LogP contribution in [0.3, 0.4) is 0 Å². The number of aliphatic hydroxyl groups is 1. The molecular weight excluding hydrogens is 218 g/mol. The van der Waals surface area contributed by atoms with E-state index in [1.54, 1.807) is 0 Å². The lowest BCUT2D eigenvalue weighted by Gasteiger charge is -2.16. The van der Waals surface area contributed by atoms with E-state index in [1.165, 1.54) is 5.56 Å². The number of ether oxygens (including phenoxy) is 2. The van der Waals surface area contributed by atoms with Crippen LogP contribution in [-0.4, -0.2) is 43.5 Å². The molecule has 0 unspecified atom stereocenters. The Kier molecular flexibility index (Phi) is 2.68. The Bertz CT molecular complexity index is 421. The third kappa shape index (κ3) is 1.87. The number of rotatable bonds is 2. The second-order valence-electron chi connectivity index (χ2n) is 4.88. The monoisotopic (exact) mass is 235 g/mol. The topological polar surface area (TPSA) is 41.9 Å². The largest absolute Gasteiger partial charge is 0.454 e. The molecule has 0 aromatic heterocycles. The van der Waals surface area contributed by atoms with Crippen molar-refractivity contribution in [3.8, 4) is 11.5 Å². The minimum Gasteiger partial charge on any atom is -0.454 e. The molecule has 2 aliphatic heterocycles. The van der Waals surface area contributed by atoms with Crippen LogP contribution in [0.1, 0.15) is 11.5 Å². The molecule has 0 saturated carbocycles. The lowest BCUT2D eigenvalue weighted by molar-refractivity contribution is 0.174. The molecule has 1 fully saturated rings. The summed E-state index contributed by atoms with van der Waals surface area (Å²) in [5, 5.41) is 9.43. The van der Waals surface area contributed by atoms with Crippen molar-refractivity contribution in [3.63, 3.8) is 0 Å². The Labute approximate surface area is 101 Å². The number of likely N-dealkylation sites (tertiary alicyclic amines) is 1. The van der Waals surface area contributed by atoms with E-state index < -0.39 is 0 Å². The number of benzene rings is 1. The Morgan fingerprint density at radius 2 is 2.12 bits per heavy atom. The van der Waals surface area contributed by atoms with Gasteiger partial charge in [-0.2, -0.15) is 0 Å². The molecule has 3 rings (SSSR count). The fourth-order valence-corrected chi connectivity index (χ4v) is 2.79. The van der Waals surface area contributed by atoms with Gasteiger partial charge in [-0.05, 0) is 24.7 Å². The van der Waals surface area contributed by atoms with Gasteiger partial charge < -0.3 is 19.5 Å². The summed E-state index contributed by atoms with van der Waals surface area (Å²) in [6.07, 6.45) is 0. The molecule has 0 radical (unpaired) electrons. The number of likely N-dealkylation sites (N-methyl/N-ethyl adjacent to an activating group) is 1. The molecule has 92 valence electrons. The number of hydrogen-bond acceptors (Lipinski definition) is 4. The van der Waals surface area contributed by atoms with Crippen molar-refractivity contribution in [1.82, 2.24) is 4.90 Å². The molecule has 1 saturated heterocycles. The van der Waals surface area contributed by atoms with Gasteiger partial charge in [0.25, 0.3) is 0 Å². The molecule has 1 N–H and O–H groups in total. The van der Waals surface area contributed by atoms with Gasteiger partial charge in [-0.3, -0.25) is 0 Å². The summed E-state index contributed by atoms with van der Waals surface area (Å²) in [4.78, 5) is 2.26. The van der Waals surface area contributed by atoms with Crippen LogP contribution in [0.2, 0.25) is 0 Å². The predicted octanol–water partition coefficient (Wildman–Crippen LogP) is 1.05. The van der Waals surface area contributed by atoms with Crippen LogP contribution < -0.4 is 9.47 Å². The zero-order chi connectivity index (χ0) is 11.8. The van der Waals surface area contributed by atoms with E-state index >= 15 is 0 Å². The Balaban J connectivity index is 1.88. The van der Waals surface area contributed by atoms with Crippen LogP contribution >= 0.6 is 0 Å². The molecule has 4 nitrogen and oxygen atoms in total. The van der Waals surface area contributed by atoms with E-state index in [0.29, 0.717) is 18.6 Å². The molecule has 2 aliphatic rings. The fourth-order valence-electron chi connectivity index (χ4n) is 2.79. The van der Waals surface area contributed by atoms with Crippen LogP contribution in [0.25, 0.3) is 0 Å². The van der Waals surface area contributed by atoms with Crippen molar-refractivity contribution >= 4 is 0 Å². The van der Waals surface area contributed by atoms with Crippen LogP contribution in [0.15, 0.2) is 18.2 Å². The first kappa shape index (κ1) is 10.9. The molecule has 4 heteroatoms. The van der Waals surface area contributed by atoms with Crippen LogP contribution in [0.4, 0.5) is 0 Å². The van der Waals surface area contributed by atoms with Gasteiger partial charge in [0.2, 0.25) is 6.79 Å². The third-order valence-corrected chi connectivity index (χ3v) is 3.68. The molecule has 0 aliphatic carbocycles. The van der Waals surface area contributed by atoms with Crippen molar-refractivity contribution in [2.24, 2.45) is 5.92 Å². The molecule has 2 heterocycles. The summed E-state index contributed by atoms with van der Waals surface area (Å²) >= 11 is 0. The van der Waals surface area contributed by atoms with Gasteiger partial charge in [0.05, 0.1) is 0 Å². The average Bonchev–Trinajstić information content (AvgIpc) is 2.93. The minimum atomic E-state index is 0.240. The summed E-state index contributed by atoms with van der Waals surface area (Å²) in [5.41, 5.74) is 1.23. The quantitative estimate of drug-likeness (QED) is 0.832. The van der Waals surface area contributed by atoms with Crippen molar-refractivity contribution < 1.29 is 14.6 Å². The molecule has 17 heavy (non-hydrogen) atoms. The number of aliphatic hydroxyl groups excluding tert-OH is 1. The van der Waals surface area contributed by atoms with Crippen molar-refractivity contribution in [1.29, 1.82) is 0 Å². The molecule has 1 aromatic carbocycles. The normalized spacial score (nSPS) is 27.6. The maximum atomic E-state index is 9.43. The summed E-state index contributed by atoms with van der Waals surface area (Å²) in [7, 11) is 2.09. The lowest BCUT2D eigenvalue weighted by Crippen LogP contribution is -2.15. The summed E-state index contributed by atoms with van der Waals surface area (Å²) in [6, 6.07) is 6.10. The van der Waals surface area contributed by atoms with E-state index in [9.17, 15) is 5.11 Å². The highest BCUT2D eigenvalue weighted by molar-refractivity contribution is 5.45. The van der Waals surface area contributed by atoms with Crippen LogP contribution in [-0.2, 0) is 0 Å². The highest BCUT2D eigenvalue weighted by atomic mass is 16.7. The summed E-state index contributed by atoms with van der Waals surface area (Å²) < 4.78 is 10.7. The number of fused-ring (bicyclic) bond motifs is 1. The number of hydrogen-bond donors (Lipinski definition) is 1. The van der Waals surface area contributed by atoms with E-state index in [2.05, 4.69) is 24.1 Å². The van der Waals surface area contributed by atoms with Crippen molar-refractivity contribution in [3.05, 3.63) is 23.8 Å². The number of nitrogens with zero attached hydrogens (tertiary/aromatic N) is 1. The van der Waals surface area contributed by atoms with Gasteiger partial charge in [0.1, 0.15) is 0 Å². The summed E-state index contributed by atoms with van der Waals surface area (Å²) in [5.74, 6) is 2.36. The van der Waals surface area contributed by atoms with E-state index in [4.69, 9.17) is 9.47 Å². The highest BCUT2D eigenvalue weighted by Crippen LogP contribution is 2.38. The molecule has 0 spiro atoms. The van der Waals surface area contributed by atoms with Gasteiger partial charge in [-0.15, -0.1) is 0 Å². The first-order valence-corrected chi connectivity index (χ1v) is 5.97. The maximum Gasteiger partial charge on any atom is 0.231 e. The SMILES string of the molecule is CN1C[C@@H](CO)[C@@H](c2ccc3c(c2)OCO3)C1. The van der Waals surface area contributed by atoms with Gasteiger partial charge in [-0.25, -0.2) is 0 Å². The van der Waals surface area contributed by atoms with Gasteiger partial charge >= 0.3 is 0 Å². The van der Waals surface area contributed by atoms with Crippen LogP contribution in [0.5, 0.6) is 11.5 Å². The third-order valence-electron chi connectivity index (χ3n) is 3.68. The van der Waals surface area contributed by atoms with E-state index in [0.717, 1.165) is 24.6 Å². The molecule has 2 atom stereocenters. The minimum absolute atomic E-state index is 0.240. The summed E-state index contributed by atoms with van der Waals surface area (Å²) in [6.45, 7) is 2.50. The lowest BCUT2D eigenvalue weighted by atomic mass is 9.89. The van der Waals surface area contributed by atoms with Crippen molar-refractivity contribution in [2.75, 3.05) is 33.5 Å². The maximum absolute atomic E-state index is 9.43. The second-order valence-corrected chi connectivity index (χ2v) is 4.88. The van der Waals surface area contributed by atoms with Gasteiger partial charge in [0, 0.05) is 31.5 Å². The van der Waals surface area contributed by atoms with Gasteiger partial charge in [0.15, 0.2) is 11.5 Å². The highest BCUT2D eigenvalue weighted by Gasteiger charge is 2.32. The zero-order valence-electron chi connectivity index (χ0n) is 9.93. The first-order chi connectivity index (χ1) is 8.28. The molecule has 0 amide bonds. The van der Waals surface area contributed by atoms with E-state index in [-0.39, 0.29) is 6.61 Å². The zero-order valence-corrected chi connectivity index (χ0v) is 9.93. The second kappa shape index (κ2) is 4.20. The first-order valence-electron chi connectivity index (χ1n) is 5.97. The smallest absolute Gasteiger partial charge is 0.231 e. The Morgan fingerprint density at radius 1 is 1.29 bits per heavy atom. The molecule has 1 aromatic rings. The van der Waals surface area contributed by atoms with E-state index in [1.807, 2.05) is 6.07 Å². The van der Waals surface area contributed by atoms with Crippen LogP contribution in [0, 0.1) is 5.92 Å². The molecule has 0 bridgehead atoms. The Morgan fingerprint density at radius 3 is 2.94 bits per heavy atom. The van der Waals surface area contributed by atoms with Crippen molar-refractivity contribution in [2.45, 2.75) is 5.92 Å². The standard InChI is InChI=1S/C13H17NO3/c1-14-5-10(7-15)11(6-14)9-2-3-12-13(4-9)17-8-16-12/h2-4,10-11,15H,5-8H2,1H3/t10-,11+/m0/s1. The predicted molar refractivity (Wildman–Crippen MR) is 63.4 cm³/mol. The van der Waals surface area contributed by atoms with Gasteiger partial charge in [-0.1, -0.05) is 6.07 Å². The fraction of sp³-hybridized carbons (Fsp3) is 0.538. The average molecular weight is 235 g/mol.